The molecule has 8 heteroatoms. The molecule has 2 heterocycles. The van der Waals surface area contributed by atoms with E-state index in [9.17, 15) is 19.8 Å². The molecule has 0 spiro atoms. The Morgan fingerprint density at radius 1 is 1.32 bits per heavy atom. The number of nitrogen functional groups attached to an aromatic ring is 1. The minimum absolute atomic E-state index is 0.0512. The maximum atomic E-state index is 11.7. The molecule has 1 unspecified atom stereocenters. The van der Waals surface area contributed by atoms with Gasteiger partial charge in [-0.2, -0.15) is 0 Å². The van der Waals surface area contributed by atoms with E-state index in [1.165, 1.54) is 11.3 Å². The number of nitrogens with two attached hydrogens (primary N) is 1. The number of hydrogen-bond donors (Lipinski definition) is 3. The molecule has 1 aromatic carbocycles. The predicted octanol–water partition coefficient (Wildman–Crippen LogP) is 2.05. The van der Waals surface area contributed by atoms with Crippen molar-refractivity contribution in [2.24, 2.45) is 0 Å². The summed E-state index contributed by atoms with van der Waals surface area (Å²) in [5, 5.41) is 19.2. The number of carboxylic acid groups (broad SMARTS) is 2. The quantitative estimate of drug-likeness (QED) is 0.746. The molecule has 3 rings (SSSR count). The smallest absolute Gasteiger partial charge is 0.338 e. The summed E-state index contributed by atoms with van der Waals surface area (Å²) in [6, 6.07) is 6.64. The van der Waals surface area contributed by atoms with Gasteiger partial charge in [-0.1, -0.05) is 12.1 Å². The predicted molar refractivity (Wildman–Crippen MR) is 93.1 cm³/mol. The molecule has 1 aliphatic rings. The van der Waals surface area contributed by atoms with Crippen molar-refractivity contribution in [1.29, 1.82) is 0 Å². The highest BCUT2D eigenvalue weighted by Gasteiger charge is 2.36. The number of benzene rings is 1. The third-order valence-corrected chi connectivity index (χ3v) is 5.39. The zero-order valence-corrected chi connectivity index (χ0v) is 14.4. The van der Waals surface area contributed by atoms with Crippen molar-refractivity contribution < 1.29 is 24.5 Å². The van der Waals surface area contributed by atoms with Crippen LogP contribution in [0.15, 0.2) is 24.3 Å². The summed E-state index contributed by atoms with van der Waals surface area (Å²) in [6.45, 7) is 0.807. The summed E-state index contributed by atoms with van der Waals surface area (Å²) in [6.07, 6.45) is 0.135. The van der Waals surface area contributed by atoms with Gasteiger partial charge in [-0.05, 0) is 23.3 Å². The Labute approximate surface area is 148 Å². The van der Waals surface area contributed by atoms with Gasteiger partial charge in [0.1, 0.15) is 16.8 Å². The van der Waals surface area contributed by atoms with Crippen molar-refractivity contribution in [2.75, 3.05) is 12.8 Å². The number of hydrogen-bond acceptors (Lipinski definition) is 6. The van der Waals surface area contributed by atoms with Crippen LogP contribution >= 0.6 is 11.3 Å². The van der Waals surface area contributed by atoms with Crippen molar-refractivity contribution in [3.05, 3.63) is 45.8 Å². The lowest BCUT2D eigenvalue weighted by molar-refractivity contribution is -0.144. The van der Waals surface area contributed by atoms with E-state index in [4.69, 9.17) is 10.5 Å². The Hall–Kier alpha value is -2.58. The number of thiophene rings is 1. The van der Waals surface area contributed by atoms with Crippen molar-refractivity contribution >= 4 is 28.3 Å². The molecule has 0 saturated carbocycles. The molecule has 0 radical (unpaired) electrons. The summed E-state index contributed by atoms with van der Waals surface area (Å²) in [4.78, 5) is 25.8. The molecule has 0 aliphatic carbocycles. The van der Waals surface area contributed by atoms with Gasteiger partial charge in [0.25, 0.3) is 0 Å². The molecule has 1 aliphatic heterocycles. The highest BCUT2D eigenvalue weighted by atomic mass is 32.1. The van der Waals surface area contributed by atoms with Crippen LogP contribution in [0.4, 0.5) is 5.00 Å². The largest absolute Gasteiger partial charge is 0.497 e. The first-order chi connectivity index (χ1) is 11.9. The minimum Gasteiger partial charge on any atom is -0.497 e. The molecule has 7 nitrogen and oxygen atoms in total. The highest BCUT2D eigenvalue weighted by Crippen LogP contribution is 2.37. The van der Waals surface area contributed by atoms with Gasteiger partial charge in [-0.25, -0.2) is 4.79 Å². The number of carboxylic acids is 2. The second kappa shape index (κ2) is 6.73. The fraction of sp³-hybridized carbons (Fsp3) is 0.294. The van der Waals surface area contributed by atoms with E-state index >= 15 is 0 Å². The van der Waals surface area contributed by atoms with Crippen molar-refractivity contribution in [1.82, 2.24) is 4.90 Å². The van der Waals surface area contributed by atoms with E-state index in [1.54, 1.807) is 7.11 Å². The number of carbonyl (C=O) groups is 2. The van der Waals surface area contributed by atoms with E-state index in [-0.39, 0.29) is 17.0 Å². The standard InChI is InChI=1S/C17H18N2O5S/c1-24-10-4-2-9(3-5-10)7-19-8-13-11(6-12(19)16(20)21)14(17(22)23)15(18)25-13/h2-5,12H,6-8,18H2,1H3,(H,20,21)(H,22,23). The zero-order chi connectivity index (χ0) is 18.1. The number of aliphatic carboxylic acids is 1. The van der Waals surface area contributed by atoms with Crippen LogP contribution in [-0.4, -0.2) is 40.2 Å². The van der Waals surface area contributed by atoms with Gasteiger partial charge in [-0.15, -0.1) is 11.3 Å². The molecule has 2 aromatic rings. The lowest BCUT2D eigenvalue weighted by atomic mass is 9.95. The Morgan fingerprint density at radius 3 is 2.56 bits per heavy atom. The minimum atomic E-state index is -1.11. The van der Waals surface area contributed by atoms with E-state index in [0.29, 0.717) is 18.7 Å². The first kappa shape index (κ1) is 17.2. The molecule has 0 bridgehead atoms. The van der Waals surface area contributed by atoms with Crippen molar-refractivity contribution in [2.45, 2.75) is 25.6 Å². The van der Waals surface area contributed by atoms with Gasteiger partial charge < -0.3 is 20.7 Å². The fourth-order valence-corrected chi connectivity index (χ4v) is 4.22. The topological polar surface area (TPSA) is 113 Å². The van der Waals surface area contributed by atoms with Crippen molar-refractivity contribution in [3.63, 3.8) is 0 Å². The highest BCUT2D eigenvalue weighted by molar-refractivity contribution is 7.16. The maximum absolute atomic E-state index is 11.7. The molecular formula is C17H18N2O5S. The normalized spacial score (nSPS) is 17.1. The van der Waals surface area contributed by atoms with Gasteiger partial charge in [0, 0.05) is 24.4 Å². The molecule has 4 N–H and O–H groups in total. The van der Waals surface area contributed by atoms with Gasteiger partial charge in [0.15, 0.2) is 0 Å². The number of nitrogens with zero attached hydrogens (tertiary/aromatic N) is 1. The summed E-state index contributed by atoms with van der Waals surface area (Å²) < 4.78 is 5.13. The van der Waals surface area contributed by atoms with Crippen LogP contribution in [0.1, 0.15) is 26.4 Å². The van der Waals surface area contributed by atoms with Crippen LogP contribution < -0.4 is 10.5 Å². The number of anilines is 1. The zero-order valence-electron chi connectivity index (χ0n) is 13.6. The molecular weight excluding hydrogens is 344 g/mol. The van der Waals surface area contributed by atoms with E-state index < -0.39 is 18.0 Å². The lowest BCUT2D eigenvalue weighted by Gasteiger charge is -2.33. The first-order valence-corrected chi connectivity index (χ1v) is 8.45. The number of rotatable bonds is 5. The molecule has 0 amide bonds. The second-order valence-electron chi connectivity index (χ2n) is 5.86. The summed E-state index contributed by atoms with van der Waals surface area (Å²) in [5.41, 5.74) is 7.39. The Morgan fingerprint density at radius 2 is 2.00 bits per heavy atom. The van der Waals surface area contributed by atoms with E-state index in [2.05, 4.69) is 0 Å². The molecule has 1 atom stereocenters. The van der Waals surface area contributed by atoms with Crippen molar-refractivity contribution in [3.8, 4) is 5.75 Å². The molecule has 1 aromatic heterocycles. The molecule has 0 fully saturated rings. The number of fused-ring (bicyclic) bond motifs is 1. The monoisotopic (exact) mass is 362 g/mol. The summed E-state index contributed by atoms with van der Waals surface area (Å²) in [5.74, 6) is -1.35. The van der Waals surface area contributed by atoms with Gasteiger partial charge >= 0.3 is 11.9 Å². The Kier molecular flexibility index (Phi) is 4.65. The Bertz CT molecular complexity index is 815. The average Bonchev–Trinajstić information content (AvgIpc) is 2.89. The summed E-state index contributed by atoms with van der Waals surface area (Å²) in [7, 11) is 1.59. The van der Waals surface area contributed by atoms with E-state index in [0.717, 1.165) is 16.2 Å². The third-order valence-electron chi connectivity index (χ3n) is 4.35. The van der Waals surface area contributed by atoms with Gasteiger partial charge in [-0.3, -0.25) is 9.69 Å². The number of aromatic carboxylic acids is 1. The van der Waals surface area contributed by atoms with Crippen LogP contribution in [0.3, 0.4) is 0 Å². The molecule has 132 valence electrons. The molecule has 0 saturated heterocycles. The van der Waals surface area contributed by atoms with Crippen LogP contribution in [0.25, 0.3) is 0 Å². The fourth-order valence-electron chi connectivity index (χ4n) is 3.10. The lowest BCUT2D eigenvalue weighted by Crippen LogP contribution is -2.44. The van der Waals surface area contributed by atoms with Gasteiger partial charge in [0.2, 0.25) is 0 Å². The van der Waals surface area contributed by atoms with E-state index in [1.807, 2.05) is 29.2 Å². The van der Waals surface area contributed by atoms with Crippen LogP contribution in [0.2, 0.25) is 0 Å². The maximum Gasteiger partial charge on any atom is 0.338 e. The van der Waals surface area contributed by atoms with Gasteiger partial charge in [0.05, 0.1) is 12.7 Å². The average molecular weight is 362 g/mol. The molecule has 25 heavy (non-hydrogen) atoms. The second-order valence-corrected chi connectivity index (χ2v) is 7.00. The van der Waals surface area contributed by atoms with Crippen LogP contribution in [-0.2, 0) is 24.3 Å². The third kappa shape index (κ3) is 3.31. The first-order valence-electron chi connectivity index (χ1n) is 7.63. The van der Waals surface area contributed by atoms with Crippen LogP contribution in [0.5, 0.6) is 5.75 Å². The number of methoxy groups -OCH3 is 1. The SMILES string of the molecule is COc1ccc(CN2Cc3sc(N)c(C(=O)O)c3CC2C(=O)O)cc1. The Balaban J connectivity index is 1.90. The van der Waals surface area contributed by atoms with Crippen LogP contribution in [0, 0.1) is 0 Å². The summed E-state index contributed by atoms with van der Waals surface area (Å²) >= 11 is 1.22. The number of ether oxygens (including phenoxy) is 1.